The van der Waals surface area contributed by atoms with Crippen LogP contribution in [-0.2, 0) is 4.79 Å². The van der Waals surface area contributed by atoms with Crippen LogP contribution in [0.1, 0.15) is 49.5 Å². The number of nitrogens with one attached hydrogen (secondary N) is 1. The molecule has 1 rings (SSSR count). The Bertz CT molecular complexity index is 459. The fourth-order valence-corrected chi connectivity index (χ4v) is 2.21. The highest BCUT2D eigenvalue weighted by Gasteiger charge is 2.23. The van der Waals surface area contributed by atoms with Crippen LogP contribution in [0.25, 0.3) is 0 Å². The lowest BCUT2D eigenvalue weighted by Gasteiger charge is -2.25. The Hall–Kier alpha value is -1.39. The Kier molecular flexibility index (Phi) is 6.17. The Balaban J connectivity index is 2.77. The van der Waals surface area contributed by atoms with Gasteiger partial charge in [0.15, 0.2) is 0 Å². The van der Waals surface area contributed by atoms with Gasteiger partial charge in [-0.25, -0.2) is 0 Å². The molecule has 112 valence electrons. The van der Waals surface area contributed by atoms with Gasteiger partial charge in [-0.15, -0.1) is 0 Å². The van der Waals surface area contributed by atoms with E-state index in [9.17, 15) is 9.90 Å². The van der Waals surface area contributed by atoms with Crippen molar-refractivity contribution in [3.63, 3.8) is 0 Å². The second kappa shape index (κ2) is 7.41. The summed E-state index contributed by atoms with van der Waals surface area (Å²) in [6.07, 6.45) is 0.628. The molecule has 0 saturated carbocycles. The highest BCUT2D eigenvalue weighted by Crippen LogP contribution is 2.20. The van der Waals surface area contributed by atoms with Crippen molar-refractivity contribution in [1.29, 1.82) is 0 Å². The molecule has 3 atom stereocenters. The van der Waals surface area contributed by atoms with E-state index in [2.05, 4.69) is 5.32 Å². The van der Waals surface area contributed by atoms with E-state index < -0.39 is 18.1 Å². The second-order valence-electron chi connectivity index (χ2n) is 5.42. The number of rotatable bonds is 7. The summed E-state index contributed by atoms with van der Waals surface area (Å²) in [5.41, 5.74) is 3.11. The summed E-state index contributed by atoms with van der Waals surface area (Å²) in [7, 11) is 0. The average Bonchev–Trinajstić information content (AvgIpc) is 2.40. The smallest absolute Gasteiger partial charge is 0.320 e. The number of carboxylic acid groups (broad SMARTS) is 1. The molecule has 1 aromatic rings. The molecule has 0 fully saturated rings. The maximum Gasteiger partial charge on any atom is 0.320 e. The Morgan fingerprint density at radius 2 is 1.95 bits per heavy atom. The summed E-state index contributed by atoms with van der Waals surface area (Å²) in [5.74, 6) is -0.869. The van der Waals surface area contributed by atoms with Crippen LogP contribution < -0.4 is 5.32 Å². The quantitative estimate of drug-likeness (QED) is 0.717. The van der Waals surface area contributed by atoms with Crippen molar-refractivity contribution in [2.45, 2.75) is 58.7 Å². The largest absolute Gasteiger partial charge is 0.480 e. The van der Waals surface area contributed by atoms with Crippen LogP contribution in [0.15, 0.2) is 18.2 Å². The molecule has 4 nitrogen and oxygen atoms in total. The molecule has 0 spiro atoms. The Morgan fingerprint density at radius 1 is 1.30 bits per heavy atom. The number of aliphatic hydroxyl groups is 1. The van der Waals surface area contributed by atoms with E-state index in [0.717, 1.165) is 17.5 Å². The van der Waals surface area contributed by atoms with Gasteiger partial charge >= 0.3 is 5.97 Å². The minimum absolute atomic E-state index is 0.315. The molecule has 0 aliphatic carbocycles. The summed E-state index contributed by atoms with van der Waals surface area (Å²) in [4.78, 5) is 11.1. The number of carbonyl (C=O) groups is 1. The van der Waals surface area contributed by atoms with Gasteiger partial charge in [0.1, 0.15) is 6.04 Å². The van der Waals surface area contributed by atoms with Gasteiger partial charge < -0.3 is 10.2 Å². The topological polar surface area (TPSA) is 69.6 Å². The van der Waals surface area contributed by atoms with E-state index in [-0.39, 0.29) is 6.04 Å². The van der Waals surface area contributed by atoms with Gasteiger partial charge in [0.05, 0.1) is 6.10 Å². The second-order valence-corrected chi connectivity index (χ2v) is 5.42. The molecule has 0 bridgehead atoms. The lowest BCUT2D eigenvalue weighted by Crippen LogP contribution is -2.44. The summed E-state index contributed by atoms with van der Waals surface area (Å²) in [5, 5.41) is 22.5. The van der Waals surface area contributed by atoms with Crippen LogP contribution in [0, 0.1) is 13.8 Å². The van der Waals surface area contributed by atoms with Gasteiger partial charge in [-0.1, -0.05) is 31.5 Å². The molecule has 0 saturated heterocycles. The maximum atomic E-state index is 11.1. The fourth-order valence-electron chi connectivity index (χ4n) is 2.21. The van der Waals surface area contributed by atoms with Crippen molar-refractivity contribution < 1.29 is 15.0 Å². The zero-order valence-corrected chi connectivity index (χ0v) is 12.7. The van der Waals surface area contributed by atoms with E-state index in [1.54, 1.807) is 0 Å². The summed E-state index contributed by atoms with van der Waals surface area (Å²) in [6.45, 7) is 7.78. The van der Waals surface area contributed by atoms with Gasteiger partial charge in [0.25, 0.3) is 0 Å². The highest BCUT2D eigenvalue weighted by molar-refractivity contribution is 5.73. The molecular formula is C16H25NO3. The molecule has 0 radical (unpaired) electrons. The van der Waals surface area contributed by atoms with Crippen molar-refractivity contribution in [3.8, 4) is 0 Å². The predicted molar refractivity (Wildman–Crippen MR) is 79.8 cm³/mol. The highest BCUT2D eigenvalue weighted by atomic mass is 16.4. The predicted octanol–water partition coefficient (Wildman–Crippen LogP) is 2.57. The zero-order valence-electron chi connectivity index (χ0n) is 12.7. The van der Waals surface area contributed by atoms with Crippen molar-refractivity contribution in [3.05, 3.63) is 34.9 Å². The maximum absolute atomic E-state index is 11.1. The molecule has 0 aromatic heterocycles. The molecule has 3 N–H and O–H groups in total. The minimum Gasteiger partial charge on any atom is -0.480 e. The van der Waals surface area contributed by atoms with Crippen LogP contribution in [-0.4, -0.2) is 28.3 Å². The molecule has 0 heterocycles. The van der Waals surface area contributed by atoms with Crippen LogP contribution in [0.2, 0.25) is 0 Å². The monoisotopic (exact) mass is 279 g/mol. The van der Waals surface area contributed by atoms with Crippen LogP contribution >= 0.6 is 0 Å². The molecule has 0 amide bonds. The Morgan fingerprint density at radius 3 is 2.45 bits per heavy atom. The van der Waals surface area contributed by atoms with E-state index >= 15 is 0 Å². The summed E-state index contributed by atoms with van der Waals surface area (Å²) in [6, 6.07) is 4.89. The first kappa shape index (κ1) is 16.7. The van der Waals surface area contributed by atoms with E-state index in [4.69, 9.17) is 5.11 Å². The van der Waals surface area contributed by atoms with Gasteiger partial charge in [-0.05, 0) is 43.9 Å². The van der Waals surface area contributed by atoms with Gasteiger partial charge in [-0.3, -0.25) is 10.1 Å². The van der Waals surface area contributed by atoms with Crippen molar-refractivity contribution in [2.75, 3.05) is 0 Å². The van der Waals surface area contributed by atoms with Crippen LogP contribution in [0.4, 0.5) is 0 Å². The van der Waals surface area contributed by atoms with Gasteiger partial charge in [0, 0.05) is 6.04 Å². The standard InChI is InChI=1S/C16H25NO3/c1-5-6-14(16(19)20)17-12(4)15(18)13-8-7-10(2)11(3)9-13/h7-9,12,14-15,17-18H,5-6H2,1-4H3,(H,19,20). The van der Waals surface area contributed by atoms with Crippen LogP contribution in [0.5, 0.6) is 0 Å². The third-order valence-corrected chi connectivity index (χ3v) is 3.69. The Labute approximate surface area is 120 Å². The first-order valence-corrected chi connectivity index (χ1v) is 7.10. The number of aryl methyl sites for hydroxylation is 2. The molecular weight excluding hydrogens is 254 g/mol. The minimum atomic E-state index is -0.869. The van der Waals surface area contributed by atoms with E-state index in [0.29, 0.717) is 6.42 Å². The lowest BCUT2D eigenvalue weighted by atomic mass is 9.98. The molecule has 3 unspecified atom stereocenters. The van der Waals surface area contributed by atoms with E-state index in [1.807, 2.05) is 45.9 Å². The number of aliphatic hydroxyl groups excluding tert-OH is 1. The summed E-state index contributed by atoms with van der Waals surface area (Å²) >= 11 is 0. The van der Waals surface area contributed by atoms with E-state index in [1.165, 1.54) is 5.56 Å². The fraction of sp³-hybridized carbons (Fsp3) is 0.562. The molecule has 0 aliphatic rings. The van der Waals surface area contributed by atoms with Gasteiger partial charge in [0.2, 0.25) is 0 Å². The SMILES string of the molecule is CCCC(NC(C)C(O)c1ccc(C)c(C)c1)C(=O)O. The molecule has 4 heteroatoms. The molecule has 1 aromatic carbocycles. The lowest BCUT2D eigenvalue weighted by molar-refractivity contribution is -0.140. The molecule has 0 aliphatic heterocycles. The zero-order chi connectivity index (χ0) is 15.3. The summed E-state index contributed by atoms with van der Waals surface area (Å²) < 4.78 is 0. The normalized spacial score (nSPS) is 15.7. The molecule has 20 heavy (non-hydrogen) atoms. The van der Waals surface area contributed by atoms with Crippen LogP contribution in [0.3, 0.4) is 0 Å². The number of benzene rings is 1. The number of carboxylic acids is 1. The van der Waals surface area contributed by atoms with Crippen molar-refractivity contribution >= 4 is 5.97 Å². The van der Waals surface area contributed by atoms with Crippen molar-refractivity contribution in [2.24, 2.45) is 0 Å². The first-order valence-electron chi connectivity index (χ1n) is 7.10. The number of aliphatic carboxylic acids is 1. The third-order valence-electron chi connectivity index (χ3n) is 3.69. The average molecular weight is 279 g/mol. The third kappa shape index (κ3) is 4.32. The van der Waals surface area contributed by atoms with Gasteiger partial charge in [-0.2, -0.15) is 0 Å². The number of hydrogen-bond donors (Lipinski definition) is 3. The first-order chi connectivity index (χ1) is 9.36. The van der Waals surface area contributed by atoms with Crippen molar-refractivity contribution in [1.82, 2.24) is 5.32 Å². The number of hydrogen-bond acceptors (Lipinski definition) is 3.